The molecule has 6 nitrogen and oxygen atoms in total. The van der Waals surface area contributed by atoms with Crippen LogP contribution in [0.2, 0.25) is 0 Å². The summed E-state index contributed by atoms with van der Waals surface area (Å²) >= 11 is 2.98. The van der Waals surface area contributed by atoms with Crippen LogP contribution in [-0.2, 0) is 11.3 Å². The highest BCUT2D eigenvalue weighted by molar-refractivity contribution is 7.20. The molecule has 0 atom stereocenters. The third-order valence-corrected chi connectivity index (χ3v) is 6.39. The van der Waals surface area contributed by atoms with Crippen LogP contribution in [0.15, 0.2) is 40.5 Å². The molecule has 0 fully saturated rings. The first kappa shape index (κ1) is 18.5. The average Bonchev–Trinajstić information content (AvgIpc) is 3.31. The van der Waals surface area contributed by atoms with Crippen molar-refractivity contribution in [2.75, 3.05) is 5.32 Å². The van der Waals surface area contributed by atoms with Crippen molar-refractivity contribution in [3.63, 3.8) is 0 Å². The van der Waals surface area contributed by atoms with Crippen LogP contribution in [0.5, 0.6) is 0 Å². The van der Waals surface area contributed by atoms with Crippen molar-refractivity contribution in [1.82, 2.24) is 14.8 Å². The number of rotatable bonds is 4. The van der Waals surface area contributed by atoms with E-state index in [0.717, 1.165) is 31.4 Å². The number of carbonyl (C=O) groups is 1. The van der Waals surface area contributed by atoms with Crippen LogP contribution >= 0.6 is 22.7 Å². The van der Waals surface area contributed by atoms with Crippen molar-refractivity contribution in [2.24, 2.45) is 0 Å². The van der Waals surface area contributed by atoms with Crippen LogP contribution in [0.4, 0.5) is 5.69 Å². The summed E-state index contributed by atoms with van der Waals surface area (Å²) in [6.07, 6.45) is 0. The molecule has 1 N–H and O–H groups in total. The molecule has 0 saturated carbocycles. The number of thiophene rings is 1. The minimum Gasteiger partial charge on any atom is -0.324 e. The van der Waals surface area contributed by atoms with E-state index in [4.69, 9.17) is 0 Å². The number of hydrogen-bond donors (Lipinski definition) is 1. The van der Waals surface area contributed by atoms with Gasteiger partial charge in [0.05, 0.1) is 14.6 Å². The smallest absolute Gasteiger partial charge is 0.294 e. The molecular weight excluding hydrogens is 392 g/mol. The Morgan fingerprint density at radius 2 is 2.00 bits per heavy atom. The Hall–Kier alpha value is -2.84. The van der Waals surface area contributed by atoms with E-state index in [1.807, 2.05) is 56.5 Å². The predicted molar refractivity (Wildman–Crippen MR) is 114 cm³/mol. The number of anilines is 1. The second kappa shape index (κ2) is 7.29. The molecule has 1 aromatic carbocycles. The normalized spacial score (nSPS) is 11.1. The van der Waals surface area contributed by atoms with Crippen LogP contribution in [0.3, 0.4) is 0 Å². The fourth-order valence-electron chi connectivity index (χ4n) is 2.96. The van der Waals surface area contributed by atoms with Crippen LogP contribution in [0, 0.1) is 20.8 Å². The van der Waals surface area contributed by atoms with Crippen molar-refractivity contribution in [1.29, 1.82) is 0 Å². The van der Waals surface area contributed by atoms with E-state index in [2.05, 4.69) is 15.4 Å². The number of hydrogen-bond acceptors (Lipinski definition) is 6. The number of thiazole rings is 1. The lowest BCUT2D eigenvalue weighted by Gasteiger charge is -2.11. The number of benzene rings is 1. The maximum absolute atomic E-state index is 12.8. The number of nitrogens with zero attached hydrogens (tertiary/aromatic N) is 3. The van der Waals surface area contributed by atoms with Gasteiger partial charge in [-0.3, -0.25) is 9.59 Å². The molecule has 0 radical (unpaired) electrons. The van der Waals surface area contributed by atoms with Gasteiger partial charge < -0.3 is 5.32 Å². The van der Waals surface area contributed by atoms with Gasteiger partial charge >= 0.3 is 0 Å². The Morgan fingerprint density at radius 1 is 1.18 bits per heavy atom. The number of nitrogens with one attached hydrogen (secondary N) is 1. The van der Waals surface area contributed by atoms with Crippen LogP contribution < -0.4 is 10.9 Å². The molecule has 8 heteroatoms. The van der Waals surface area contributed by atoms with Gasteiger partial charge in [-0.15, -0.1) is 22.7 Å². The molecule has 142 valence electrons. The highest BCUT2D eigenvalue weighted by atomic mass is 32.1. The second-order valence-corrected chi connectivity index (χ2v) is 8.65. The summed E-state index contributed by atoms with van der Waals surface area (Å²) < 4.78 is 1.97. The van der Waals surface area contributed by atoms with Crippen molar-refractivity contribution in [3.05, 3.63) is 62.2 Å². The van der Waals surface area contributed by atoms with Crippen LogP contribution in [0.1, 0.15) is 16.1 Å². The summed E-state index contributed by atoms with van der Waals surface area (Å²) in [7, 11) is 0. The number of aromatic nitrogens is 3. The molecular formula is C20H18N4O2S2. The highest BCUT2D eigenvalue weighted by Gasteiger charge is 2.18. The van der Waals surface area contributed by atoms with Crippen molar-refractivity contribution in [3.8, 4) is 10.6 Å². The van der Waals surface area contributed by atoms with E-state index in [-0.39, 0.29) is 18.0 Å². The molecule has 0 aliphatic heterocycles. The number of aryl methyl sites for hydroxylation is 2. The third kappa shape index (κ3) is 3.36. The van der Waals surface area contributed by atoms with E-state index < -0.39 is 0 Å². The lowest BCUT2D eigenvalue weighted by Crippen LogP contribution is -2.30. The summed E-state index contributed by atoms with van der Waals surface area (Å²) in [5.74, 6) is -0.299. The molecule has 0 spiro atoms. The van der Waals surface area contributed by atoms with Gasteiger partial charge in [0.25, 0.3) is 5.56 Å². The SMILES string of the molecule is Cc1nc2c(=O)n(CC(=O)Nc3cccc(C)c3C)nc(-c3cccs3)c2s1. The minimum absolute atomic E-state index is 0.170. The summed E-state index contributed by atoms with van der Waals surface area (Å²) in [6.45, 7) is 5.63. The molecule has 0 unspecified atom stereocenters. The van der Waals surface area contributed by atoms with Gasteiger partial charge in [0.15, 0.2) is 5.52 Å². The number of amides is 1. The Bertz CT molecular complexity index is 1240. The Morgan fingerprint density at radius 3 is 2.75 bits per heavy atom. The zero-order chi connectivity index (χ0) is 19.8. The topological polar surface area (TPSA) is 76.9 Å². The first-order valence-corrected chi connectivity index (χ1v) is 10.4. The van der Waals surface area contributed by atoms with Gasteiger partial charge in [-0.2, -0.15) is 5.10 Å². The summed E-state index contributed by atoms with van der Waals surface area (Å²) in [4.78, 5) is 30.8. The van der Waals surface area contributed by atoms with Gasteiger partial charge in [0.2, 0.25) is 5.91 Å². The molecule has 0 aliphatic rings. The van der Waals surface area contributed by atoms with E-state index in [1.165, 1.54) is 16.0 Å². The quantitative estimate of drug-likeness (QED) is 0.548. The number of fused-ring (bicyclic) bond motifs is 1. The van der Waals surface area contributed by atoms with Gasteiger partial charge in [-0.25, -0.2) is 9.67 Å². The number of carbonyl (C=O) groups excluding carboxylic acids is 1. The van der Waals surface area contributed by atoms with Gasteiger partial charge in [-0.1, -0.05) is 18.2 Å². The zero-order valence-electron chi connectivity index (χ0n) is 15.6. The molecule has 0 saturated heterocycles. The molecule has 1 amide bonds. The van der Waals surface area contributed by atoms with E-state index in [0.29, 0.717) is 11.2 Å². The van der Waals surface area contributed by atoms with Crippen molar-refractivity contribution >= 4 is 44.5 Å². The Kier molecular flexibility index (Phi) is 4.82. The molecule has 3 heterocycles. The summed E-state index contributed by atoms with van der Waals surface area (Å²) in [5.41, 5.74) is 3.53. The van der Waals surface area contributed by atoms with Crippen molar-refractivity contribution < 1.29 is 4.79 Å². The van der Waals surface area contributed by atoms with Gasteiger partial charge in [-0.05, 0) is 49.4 Å². The molecule has 4 aromatic rings. The first-order chi connectivity index (χ1) is 13.4. The van der Waals surface area contributed by atoms with E-state index in [9.17, 15) is 9.59 Å². The largest absolute Gasteiger partial charge is 0.324 e. The maximum Gasteiger partial charge on any atom is 0.294 e. The van der Waals surface area contributed by atoms with Gasteiger partial charge in [0.1, 0.15) is 12.2 Å². The Labute approximate surface area is 169 Å². The highest BCUT2D eigenvalue weighted by Crippen LogP contribution is 2.32. The standard InChI is InChI=1S/C20H18N4O2S2/c1-11-6-4-7-14(12(11)2)22-16(25)10-24-20(26)18-19(28-13(3)21-18)17(23-24)15-8-5-9-27-15/h4-9H,10H2,1-3H3,(H,22,25). The monoisotopic (exact) mass is 410 g/mol. The average molecular weight is 411 g/mol. The lowest BCUT2D eigenvalue weighted by atomic mass is 10.1. The van der Waals surface area contributed by atoms with Crippen LogP contribution in [-0.4, -0.2) is 20.7 Å². The Balaban J connectivity index is 1.72. The first-order valence-electron chi connectivity index (χ1n) is 8.72. The van der Waals surface area contributed by atoms with Crippen molar-refractivity contribution in [2.45, 2.75) is 27.3 Å². The fraction of sp³-hybridized carbons (Fsp3) is 0.200. The molecule has 3 aromatic heterocycles. The molecule has 28 heavy (non-hydrogen) atoms. The fourth-order valence-corrected chi connectivity index (χ4v) is 4.65. The lowest BCUT2D eigenvalue weighted by molar-refractivity contribution is -0.117. The summed E-state index contributed by atoms with van der Waals surface area (Å²) in [5, 5.41) is 10.1. The van der Waals surface area contributed by atoms with E-state index in [1.54, 1.807) is 11.3 Å². The van der Waals surface area contributed by atoms with E-state index >= 15 is 0 Å². The predicted octanol–water partition coefficient (Wildman–Crippen LogP) is 4.15. The molecule has 0 aliphatic carbocycles. The van der Waals surface area contributed by atoms with Crippen LogP contribution in [0.25, 0.3) is 20.8 Å². The molecule has 4 rings (SSSR count). The maximum atomic E-state index is 12.8. The second-order valence-electron chi connectivity index (χ2n) is 6.49. The van der Waals surface area contributed by atoms with Gasteiger partial charge in [0, 0.05) is 5.69 Å². The third-order valence-electron chi connectivity index (χ3n) is 4.53. The zero-order valence-corrected chi connectivity index (χ0v) is 17.3. The summed E-state index contributed by atoms with van der Waals surface area (Å²) in [6, 6.07) is 9.61. The minimum atomic E-state index is -0.351. The molecule has 0 bridgehead atoms.